The van der Waals surface area contributed by atoms with Crippen molar-refractivity contribution in [1.29, 1.82) is 0 Å². The highest BCUT2D eigenvalue weighted by Gasteiger charge is 2.20. The lowest BCUT2D eigenvalue weighted by atomic mass is 9.89. The number of carbonyl (C=O) groups excluding carboxylic acids is 1. The Morgan fingerprint density at radius 1 is 1.07 bits per heavy atom. The molecule has 6 heteroatoms. The third-order valence-corrected chi connectivity index (χ3v) is 6.59. The standard InChI is InChI=1S/C22H27NO4S/c1-3-21(20-13-12-17-6-4-5-7-19(17)14-20)23-28(25,26)15-16-8-10-18(11-9-16)22(24)27-2/h8-14,21,23H,3-7,15H2,1-2H3/t21-/m1/s1. The van der Waals surface area contributed by atoms with Crippen molar-refractivity contribution in [2.24, 2.45) is 0 Å². The highest BCUT2D eigenvalue weighted by atomic mass is 32.2. The molecule has 1 aliphatic rings. The van der Waals surface area contributed by atoms with Gasteiger partial charge >= 0.3 is 5.97 Å². The maximum absolute atomic E-state index is 12.7. The Morgan fingerprint density at radius 2 is 1.75 bits per heavy atom. The highest BCUT2D eigenvalue weighted by Crippen LogP contribution is 2.26. The minimum atomic E-state index is -3.52. The first kappa shape index (κ1) is 20.6. The Balaban J connectivity index is 1.72. The monoisotopic (exact) mass is 401 g/mol. The molecule has 0 fully saturated rings. The number of benzene rings is 2. The molecule has 0 unspecified atom stereocenters. The summed E-state index contributed by atoms with van der Waals surface area (Å²) in [5.41, 5.74) is 4.78. The van der Waals surface area contributed by atoms with Gasteiger partial charge in [0.25, 0.3) is 0 Å². The van der Waals surface area contributed by atoms with E-state index >= 15 is 0 Å². The van der Waals surface area contributed by atoms with Gasteiger partial charge in [-0.05, 0) is 66.5 Å². The van der Waals surface area contributed by atoms with Gasteiger partial charge in [0, 0.05) is 6.04 Å². The van der Waals surface area contributed by atoms with Gasteiger partial charge in [0.2, 0.25) is 10.0 Å². The Bertz CT molecular complexity index is 936. The first-order valence-corrected chi connectivity index (χ1v) is 11.4. The van der Waals surface area contributed by atoms with Crippen LogP contribution in [0.4, 0.5) is 0 Å². The van der Waals surface area contributed by atoms with Crippen LogP contribution in [-0.2, 0) is 33.4 Å². The van der Waals surface area contributed by atoms with E-state index < -0.39 is 16.0 Å². The van der Waals surface area contributed by atoms with Gasteiger partial charge in [-0.1, -0.05) is 37.3 Å². The molecule has 0 aliphatic heterocycles. The quantitative estimate of drug-likeness (QED) is 0.714. The third kappa shape index (κ3) is 5.00. The summed E-state index contributed by atoms with van der Waals surface area (Å²) in [6, 6.07) is 12.6. The number of esters is 1. The second-order valence-corrected chi connectivity index (χ2v) is 9.02. The van der Waals surface area contributed by atoms with Crippen LogP contribution in [0.1, 0.15) is 64.8 Å². The van der Waals surface area contributed by atoms with E-state index in [4.69, 9.17) is 0 Å². The van der Waals surface area contributed by atoms with Crippen LogP contribution in [-0.4, -0.2) is 21.5 Å². The Hall–Kier alpha value is -2.18. The summed E-state index contributed by atoms with van der Waals surface area (Å²) >= 11 is 0. The number of nitrogens with one attached hydrogen (secondary N) is 1. The van der Waals surface area contributed by atoms with Crippen molar-refractivity contribution in [3.05, 3.63) is 70.3 Å². The molecule has 2 aromatic rings. The maximum Gasteiger partial charge on any atom is 0.337 e. The number of hydrogen-bond acceptors (Lipinski definition) is 4. The summed E-state index contributed by atoms with van der Waals surface area (Å²) in [6.45, 7) is 1.98. The molecule has 3 rings (SSSR count). The lowest BCUT2D eigenvalue weighted by molar-refractivity contribution is 0.0600. The lowest BCUT2D eigenvalue weighted by Gasteiger charge is -2.21. The third-order valence-electron chi connectivity index (χ3n) is 5.24. The molecule has 0 aromatic heterocycles. The smallest absolute Gasteiger partial charge is 0.337 e. The molecule has 2 aromatic carbocycles. The van der Waals surface area contributed by atoms with Gasteiger partial charge in [0.1, 0.15) is 0 Å². The first-order chi connectivity index (χ1) is 13.4. The zero-order valence-electron chi connectivity index (χ0n) is 16.4. The number of aryl methyl sites for hydroxylation is 2. The second-order valence-electron chi connectivity index (χ2n) is 7.26. The second kappa shape index (κ2) is 8.88. The topological polar surface area (TPSA) is 72.5 Å². The largest absolute Gasteiger partial charge is 0.465 e. The van der Waals surface area contributed by atoms with Crippen molar-refractivity contribution in [3.63, 3.8) is 0 Å². The molecule has 150 valence electrons. The van der Waals surface area contributed by atoms with Crippen LogP contribution in [0.15, 0.2) is 42.5 Å². The van der Waals surface area contributed by atoms with E-state index in [1.807, 2.05) is 13.0 Å². The van der Waals surface area contributed by atoms with Crippen LogP contribution in [0.25, 0.3) is 0 Å². The molecule has 0 radical (unpaired) electrons. The SMILES string of the molecule is CC[C@@H](NS(=O)(=O)Cc1ccc(C(=O)OC)cc1)c1ccc2c(c1)CCCC2. The number of sulfonamides is 1. The molecular formula is C22H27NO4S. The summed E-state index contributed by atoms with van der Waals surface area (Å²) in [7, 11) is -2.20. The van der Waals surface area contributed by atoms with Gasteiger partial charge in [-0.15, -0.1) is 0 Å². The zero-order chi connectivity index (χ0) is 20.1. The lowest BCUT2D eigenvalue weighted by Crippen LogP contribution is -2.29. The molecule has 0 amide bonds. The average molecular weight is 402 g/mol. The van der Waals surface area contributed by atoms with Crippen LogP contribution >= 0.6 is 0 Å². The average Bonchev–Trinajstić information content (AvgIpc) is 2.71. The fourth-order valence-corrected chi connectivity index (χ4v) is 5.14. The molecule has 0 heterocycles. The van der Waals surface area contributed by atoms with Crippen LogP contribution in [0.3, 0.4) is 0 Å². The van der Waals surface area contributed by atoms with Crippen molar-refractivity contribution in [3.8, 4) is 0 Å². The summed E-state index contributed by atoms with van der Waals surface area (Å²) in [5, 5.41) is 0. The van der Waals surface area contributed by atoms with Crippen molar-refractivity contribution < 1.29 is 17.9 Å². The van der Waals surface area contributed by atoms with E-state index in [2.05, 4.69) is 21.6 Å². The number of rotatable bonds is 7. The minimum Gasteiger partial charge on any atom is -0.465 e. The van der Waals surface area contributed by atoms with E-state index in [1.165, 1.54) is 31.1 Å². The fourth-order valence-electron chi connectivity index (χ4n) is 3.69. The molecule has 1 aliphatic carbocycles. The normalized spacial score (nSPS) is 14.9. The van der Waals surface area contributed by atoms with Gasteiger partial charge < -0.3 is 4.74 Å². The zero-order valence-corrected chi connectivity index (χ0v) is 17.2. The van der Waals surface area contributed by atoms with Gasteiger partial charge in [-0.25, -0.2) is 17.9 Å². The molecule has 1 N–H and O–H groups in total. The highest BCUT2D eigenvalue weighted by molar-refractivity contribution is 7.88. The van der Waals surface area contributed by atoms with Crippen molar-refractivity contribution >= 4 is 16.0 Å². The molecule has 0 spiro atoms. The van der Waals surface area contributed by atoms with E-state index in [0.717, 1.165) is 18.4 Å². The molecule has 5 nitrogen and oxygen atoms in total. The van der Waals surface area contributed by atoms with Crippen molar-refractivity contribution in [2.45, 2.75) is 50.8 Å². The van der Waals surface area contributed by atoms with Gasteiger partial charge in [-0.3, -0.25) is 0 Å². The maximum atomic E-state index is 12.7. The summed E-state index contributed by atoms with van der Waals surface area (Å²) in [5.74, 6) is -0.568. The minimum absolute atomic E-state index is 0.129. The summed E-state index contributed by atoms with van der Waals surface area (Å²) in [6.07, 6.45) is 5.28. The molecule has 1 atom stereocenters. The number of fused-ring (bicyclic) bond motifs is 1. The predicted octanol–water partition coefficient (Wildman–Crippen LogP) is 3.92. The Morgan fingerprint density at radius 3 is 2.39 bits per heavy atom. The Kier molecular flexibility index (Phi) is 6.52. The van der Waals surface area contributed by atoms with Crippen molar-refractivity contribution in [2.75, 3.05) is 7.11 Å². The van der Waals surface area contributed by atoms with Gasteiger partial charge in [-0.2, -0.15) is 0 Å². The molecular weight excluding hydrogens is 374 g/mol. The number of methoxy groups -OCH3 is 1. The number of ether oxygens (including phenoxy) is 1. The van der Waals surface area contributed by atoms with Gasteiger partial charge in [0.05, 0.1) is 18.4 Å². The van der Waals surface area contributed by atoms with E-state index in [1.54, 1.807) is 24.3 Å². The van der Waals surface area contributed by atoms with E-state index in [0.29, 0.717) is 17.5 Å². The van der Waals surface area contributed by atoms with E-state index in [9.17, 15) is 13.2 Å². The molecule has 28 heavy (non-hydrogen) atoms. The molecule has 0 bridgehead atoms. The molecule has 0 saturated heterocycles. The Labute approximate surface area is 167 Å². The molecule has 0 saturated carbocycles. The number of hydrogen-bond donors (Lipinski definition) is 1. The van der Waals surface area contributed by atoms with E-state index in [-0.39, 0.29) is 11.8 Å². The number of carbonyl (C=O) groups is 1. The van der Waals surface area contributed by atoms with Crippen LogP contribution in [0.2, 0.25) is 0 Å². The summed E-state index contributed by atoms with van der Waals surface area (Å²) < 4.78 is 32.9. The van der Waals surface area contributed by atoms with Crippen LogP contribution < -0.4 is 4.72 Å². The summed E-state index contributed by atoms with van der Waals surface area (Å²) in [4.78, 5) is 11.5. The van der Waals surface area contributed by atoms with Crippen molar-refractivity contribution in [1.82, 2.24) is 4.72 Å². The van der Waals surface area contributed by atoms with Crippen LogP contribution in [0.5, 0.6) is 0 Å². The van der Waals surface area contributed by atoms with Gasteiger partial charge in [0.15, 0.2) is 0 Å². The van der Waals surface area contributed by atoms with Crippen LogP contribution in [0, 0.1) is 0 Å². The fraction of sp³-hybridized carbons (Fsp3) is 0.409. The first-order valence-electron chi connectivity index (χ1n) is 9.71. The predicted molar refractivity (Wildman–Crippen MR) is 110 cm³/mol.